The Labute approximate surface area is 153 Å². The molecule has 0 aliphatic carbocycles. The van der Waals surface area contributed by atoms with Gasteiger partial charge in [-0.25, -0.2) is 4.98 Å². The van der Waals surface area contributed by atoms with Crippen LogP contribution < -0.4 is 4.90 Å². The van der Waals surface area contributed by atoms with E-state index < -0.39 is 0 Å². The van der Waals surface area contributed by atoms with E-state index in [-0.39, 0.29) is 11.7 Å². The highest BCUT2D eigenvalue weighted by atomic mass is 32.1. The monoisotopic (exact) mass is 367 g/mol. The van der Waals surface area contributed by atoms with Gasteiger partial charge in [0.15, 0.2) is 5.13 Å². The summed E-state index contributed by atoms with van der Waals surface area (Å²) in [7, 11) is 0. The average molecular weight is 367 g/mol. The quantitative estimate of drug-likeness (QED) is 0.540. The van der Waals surface area contributed by atoms with Crippen LogP contribution in [0.5, 0.6) is 0 Å². The minimum absolute atomic E-state index is 0.192. The third-order valence-corrected chi connectivity index (χ3v) is 5.11. The van der Waals surface area contributed by atoms with Crippen molar-refractivity contribution in [2.75, 3.05) is 11.4 Å². The fourth-order valence-electron chi connectivity index (χ4n) is 2.81. The molecule has 1 amide bonds. The molecule has 0 atom stereocenters. The summed E-state index contributed by atoms with van der Waals surface area (Å²) in [6.45, 7) is 4.95. The summed E-state index contributed by atoms with van der Waals surface area (Å²) in [6.07, 6.45) is 1.46. The number of benzene rings is 1. The van der Waals surface area contributed by atoms with Crippen LogP contribution in [0.1, 0.15) is 21.9 Å². The van der Waals surface area contributed by atoms with Crippen LogP contribution in [0.15, 0.2) is 47.1 Å². The SMILES string of the molecule is Cc1cc(C)n(CCN(C(=O)c2ccno2)c2nc3ccccc3s2)n1. The van der Waals surface area contributed by atoms with Gasteiger partial charge >= 0.3 is 0 Å². The van der Waals surface area contributed by atoms with Crippen LogP contribution >= 0.6 is 11.3 Å². The van der Waals surface area contributed by atoms with Crippen LogP contribution in [0.4, 0.5) is 5.13 Å². The van der Waals surface area contributed by atoms with Gasteiger partial charge in [-0.15, -0.1) is 0 Å². The smallest absolute Gasteiger partial charge is 0.298 e. The number of thiazole rings is 1. The Morgan fingerprint density at radius 2 is 2.12 bits per heavy atom. The van der Waals surface area contributed by atoms with Crippen LogP contribution in [0.2, 0.25) is 0 Å². The largest absolute Gasteiger partial charge is 0.351 e. The number of nitrogens with zero attached hydrogens (tertiary/aromatic N) is 5. The average Bonchev–Trinajstić information content (AvgIpc) is 3.35. The molecule has 0 saturated carbocycles. The van der Waals surface area contributed by atoms with Crippen molar-refractivity contribution in [2.45, 2.75) is 20.4 Å². The molecule has 0 saturated heterocycles. The number of aromatic nitrogens is 4. The molecular weight excluding hydrogens is 350 g/mol. The molecule has 0 bridgehead atoms. The maximum atomic E-state index is 12.9. The van der Waals surface area contributed by atoms with Gasteiger partial charge < -0.3 is 4.52 Å². The van der Waals surface area contributed by atoms with Gasteiger partial charge in [0.25, 0.3) is 5.91 Å². The molecule has 4 aromatic rings. The molecule has 0 aliphatic rings. The molecule has 0 N–H and O–H groups in total. The van der Waals surface area contributed by atoms with Crippen molar-refractivity contribution >= 4 is 32.6 Å². The summed E-state index contributed by atoms with van der Waals surface area (Å²) in [5, 5.41) is 8.74. The van der Waals surface area contributed by atoms with Crippen molar-refractivity contribution < 1.29 is 9.32 Å². The molecule has 3 heterocycles. The lowest BCUT2D eigenvalue weighted by molar-refractivity contribution is 0.0950. The van der Waals surface area contributed by atoms with E-state index in [4.69, 9.17) is 4.52 Å². The molecule has 26 heavy (non-hydrogen) atoms. The lowest BCUT2D eigenvalue weighted by atomic mass is 10.3. The lowest BCUT2D eigenvalue weighted by Crippen LogP contribution is -2.34. The molecule has 0 radical (unpaired) electrons. The number of amides is 1. The predicted octanol–water partition coefficient (Wildman–Crippen LogP) is 3.44. The van der Waals surface area contributed by atoms with Crippen molar-refractivity contribution in [3.63, 3.8) is 0 Å². The van der Waals surface area contributed by atoms with Gasteiger partial charge in [0.1, 0.15) is 0 Å². The van der Waals surface area contributed by atoms with E-state index in [2.05, 4.69) is 15.2 Å². The number of carbonyl (C=O) groups excluding carboxylic acids is 1. The van der Waals surface area contributed by atoms with E-state index in [1.165, 1.54) is 17.5 Å². The van der Waals surface area contributed by atoms with Gasteiger partial charge in [-0.2, -0.15) is 5.10 Å². The number of aryl methyl sites for hydroxylation is 2. The third kappa shape index (κ3) is 3.11. The first-order chi connectivity index (χ1) is 12.6. The molecule has 0 aliphatic heterocycles. The second kappa shape index (κ2) is 6.72. The Kier molecular flexibility index (Phi) is 4.26. The van der Waals surface area contributed by atoms with Crippen LogP contribution in [0.3, 0.4) is 0 Å². The molecule has 3 aromatic heterocycles. The summed E-state index contributed by atoms with van der Waals surface area (Å²) < 4.78 is 7.99. The fourth-order valence-corrected chi connectivity index (χ4v) is 3.80. The molecule has 4 rings (SSSR count). The van der Waals surface area contributed by atoms with E-state index in [0.717, 1.165) is 21.6 Å². The summed E-state index contributed by atoms with van der Waals surface area (Å²) in [5.41, 5.74) is 2.88. The highest BCUT2D eigenvalue weighted by Crippen LogP contribution is 2.29. The van der Waals surface area contributed by atoms with E-state index in [0.29, 0.717) is 18.2 Å². The topological polar surface area (TPSA) is 77.0 Å². The van der Waals surface area contributed by atoms with Crippen LogP contribution in [-0.4, -0.2) is 32.4 Å². The van der Waals surface area contributed by atoms with Crippen molar-refractivity contribution in [1.82, 2.24) is 19.9 Å². The molecule has 132 valence electrons. The molecule has 8 heteroatoms. The Balaban J connectivity index is 1.66. The van der Waals surface area contributed by atoms with Gasteiger partial charge in [-0.05, 0) is 32.0 Å². The van der Waals surface area contributed by atoms with Crippen molar-refractivity contribution in [2.24, 2.45) is 0 Å². The van der Waals surface area contributed by atoms with Gasteiger partial charge in [0, 0.05) is 18.3 Å². The summed E-state index contributed by atoms with van der Waals surface area (Å²) in [5.74, 6) is -0.0688. The summed E-state index contributed by atoms with van der Waals surface area (Å²) in [4.78, 5) is 19.2. The number of hydrogen-bond acceptors (Lipinski definition) is 6. The zero-order chi connectivity index (χ0) is 18.1. The highest BCUT2D eigenvalue weighted by molar-refractivity contribution is 7.22. The Morgan fingerprint density at radius 1 is 1.27 bits per heavy atom. The second-order valence-electron chi connectivity index (χ2n) is 5.95. The Hall–Kier alpha value is -3.00. The minimum Gasteiger partial charge on any atom is -0.351 e. The van der Waals surface area contributed by atoms with Crippen molar-refractivity contribution in [1.29, 1.82) is 0 Å². The Morgan fingerprint density at radius 3 is 2.81 bits per heavy atom. The van der Waals surface area contributed by atoms with Gasteiger partial charge in [-0.1, -0.05) is 28.6 Å². The number of hydrogen-bond donors (Lipinski definition) is 0. The van der Waals surface area contributed by atoms with Gasteiger partial charge in [0.05, 0.1) is 28.7 Å². The third-order valence-electron chi connectivity index (χ3n) is 4.05. The van der Waals surface area contributed by atoms with E-state index >= 15 is 0 Å². The number of para-hydroxylation sites is 1. The van der Waals surface area contributed by atoms with E-state index in [1.54, 1.807) is 11.0 Å². The summed E-state index contributed by atoms with van der Waals surface area (Å²) in [6, 6.07) is 11.4. The molecule has 7 nitrogen and oxygen atoms in total. The number of fused-ring (bicyclic) bond motifs is 1. The van der Waals surface area contributed by atoms with Crippen LogP contribution in [0, 0.1) is 13.8 Å². The second-order valence-corrected chi connectivity index (χ2v) is 6.96. The minimum atomic E-state index is -0.261. The normalized spacial score (nSPS) is 11.2. The standard InChI is InChI=1S/C18H17N5O2S/c1-12-11-13(2)23(21-12)10-9-22(17(24)15-7-8-19-25-15)18-20-14-5-3-4-6-16(14)26-18/h3-8,11H,9-10H2,1-2H3. The number of anilines is 1. The van der Waals surface area contributed by atoms with E-state index in [9.17, 15) is 4.79 Å². The first-order valence-electron chi connectivity index (χ1n) is 8.21. The molecule has 1 aromatic carbocycles. The maximum Gasteiger partial charge on any atom is 0.298 e. The number of carbonyl (C=O) groups is 1. The first kappa shape index (κ1) is 16.5. The highest BCUT2D eigenvalue weighted by Gasteiger charge is 2.24. The maximum absolute atomic E-state index is 12.9. The number of rotatable bonds is 5. The van der Waals surface area contributed by atoms with E-state index in [1.807, 2.05) is 48.9 Å². The predicted molar refractivity (Wildman–Crippen MR) is 99.5 cm³/mol. The molecular formula is C18H17N5O2S. The molecule has 0 unspecified atom stereocenters. The Bertz CT molecular complexity index is 1020. The van der Waals surface area contributed by atoms with Crippen LogP contribution in [0.25, 0.3) is 10.2 Å². The molecule has 0 fully saturated rings. The van der Waals surface area contributed by atoms with Gasteiger partial charge in [-0.3, -0.25) is 14.4 Å². The molecule has 0 spiro atoms. The van der Waals surface area contributed by atoms with Crippen LogP contribution in [-0.2, 0) is 6.54 Å². The van der Waals surface area contributed by atoms with Gasteiger partial charge in [0.2, 0.25) is 5.76 Å². The zero-order valence-corrected chi connectivity index (χ0v) is 15.2. The van der Waals surface area contributed by atoms with Crippen molar-refractivity contribution in [3.8, 4) is 0 Å². The van der Waals surface area contributed by atoms with Crippen molar-refractivity contribution in [3.05, 3.63) is 59.7 Å². The zero-order valence-electron chi connectivity index (χ0n) is 14.4. The first-order valence-corrected chi connectivity index (χ1v) is 9.02. The lowest BCUT2D eigenvalue weighted by Gasteiger charge is -2.18. The fraction of sp³-hybridized carbons (Fsp3) is 0.222. The summed E-state index contributed by atoms with van der Waals surface area (Å²) >= 11 is 1.48.